The smallest absolute Gasteiger partial charge is 0.260 e. The van der Waals surface area contributed by atoms with Crippen LogP contribution in [0.15, 0.2) is 76.6 Å². The molecule has 0 bridgehead atoms. The van der Waals surface area contributed by atoms with E-state index in [1.54, 1.807) is 25.1 Å². The van der Waals surface area contributed by atoms with Gasteiger partial charge < -0.3 is 10.1 Å². The standard InChI is InChI=1S/C29H23F3N2O2S/c1-16-19(14-20-21(30)11-7-12-22(20)31)29-34(23(15-37-29)27(33)17-8-4-3-5-9-17)28(35)25(16)18-10-6-13-24(36-2)26(18)32/h3-13,23,33H,14-15H2,1-2H3. The molecule has 4 nitrogen and oxygen atoms in total. The minimum absolute atomic E-state index is 0.0218. The van der Waals surface area contributed by atoms with Crippen LogP contribution in [-0.4, -0.2) is 23.1 Å². The van der Waals surface area contributed by atoms with E-state index in [9.17, 15) is 13.6 Å². The zero-order valence-corrected chi connectivity index (χ0v) is 21.0. The van der Waals surface area contributed by atoms with Gasteiger partial charge in [-0.3, -0.25) is 9.36 Å². The highest BCUT2D eigenvalue weighted by Gasteiger charge is 2.34. The summed E-state index contributed by atoms with van der Waals surface area (Å²) in [5.74, 6) is -1.73. The summed E-state index contributed by atoms with van der Waals surface area (Å²) in [5, 5.41) is 9.39. The number of pyridine rings is 1. The minimum atomic E-state index is -0.700. The molecule has 37 heavy (non-hydrogen) atoms. The van der Waals surface area contributed by atoms with E-state index in [1.165, 1.54) is 53.8 Å². The third kappa shape index (κ3) is 4.25. The number of aromatic nitrogens is 1. The zero-order valence-electron chi connectivity index (χ0n) is 20.1. The number of rotatable bonds is 6. The highest BCUT2D eigenvalue weighted by molar-refractivity contribution is 7.99. The van der Waals surface area contributed by atoms with Crippen LogP contribution in [0.4, 0.5) is 13.2 Å². The van der Waals surface area contributed by atoms with E-state index >= 15 is 4.39 Å². The first kappa shape index (κ1) is 24.9. The minimum Gasteiger partial charge on any atom is -0.494 e. The second-order valence-electron chi connectivity index (χ2n) is 8.76. The van der Waals surface area contributed by atoms with Crippen LogP contribution < -0.4 is 10.3 Å². The predicted octanol–water partition coefficient (Wildman–Crippen LogP) is 6.56. The third-order valence-electron chi connectivity index (χ3n) is 6.71. The monoisotopic (exact) mass is 520 g/mol. The fraction of sp³-hybridized carbons (Fsp3) is 0.172. The molecule has 8 heteroatoms. The quantitative estimate of drug-likeness (QED) is 0.293. The van der Waals surface area contributed by atoms with E-state index in [1.807, 2.05) is 18.2 Å². The Labute approximate surface area is 216 Å². The van der Waals surface area contributed by atoms with Crippen molar-refractivity contribution in [3.05, 3.63) is 117 Å². The van der Waals surface area contributed by atoms with Crippen LogP contribution in [0.1, 0.15) is 28.3 Å². The van der Waals surface area contributed by atoms with Gasteiger partial charge in [0.15, 0.2) is 11.6 Å². The molecule has 0 amide bonds. The Balaban J connectivity index is 1.78. The van der Waals surface area contributed by atoms with Crippen LogP contribution in [0.3, 0.4) is 0 Å². The first-order chi connectivity index (χ1) is 17.8. The summed E-state index contributed by atoms with van der Waals surface area (Å²) in [6, 6.07) is 16.6. The van der Waals surface area contributed by atoms with Crippen molar-refractivity contribution in [2.75, 3.05) is 12.9 Å². The van der Waals surface area contributed by atoms with Crippen molar-refractivity contribution in [3.8, 4) is 16.9 Å². The molecular formula is C29H23F3N2O2S. The third-order valence-corrected chi connectivity index (χ3v) is 7.91. The molecule has 1 N–H and O–H groups in total. The van der Waals surface area contributed by atoms with Crippen LogP contribution >= 0.6 is 11.8 Å². The van der Waals surface area contributed by atoms with E-state index in [-0.39, 0.29) is 34.6 Å². The van der Waals surface area contributed by atoms with Crippen molar-refractivity contribution < 1.29 is 17.9 Å². The second-order valence-corrected chi connectivity index (χ2v) is 9.77. The van der Waals surface area contributed by atoms with Gasteiger partial charge in [-0.2, -0.15) is 0 Å². The normalized spacial score (nSPS) is 14.5. The van der Waals surface area contributed by atoms with Gasteiger partial charge in [0.2, 0.25) is 0 Å². The lowest BCUT2D eigenvalue weighted by Gasteiger charge is -2.21. The number of halogens is 3. The van der Waals surface area contributed by atoms with Crippen molar-refractivity contribution in [3.63, 3.8) is 0 Å². The molecule has 0 saturated heterocycles. The Kier molecular flexibility index (Phi) is 6.69. The first-order valence-corrected chi connectivity index (χ1v) is 12.6. The summed E-state index contributed by atoms with van der Waals surface area (Å²) in [6.45, 7) is 1.67. The summed E-state index contributed by atoms with van der Waals surface area (Å²) >= 11 is 1.36. The van der Waals surface area contributed by atoms with Crippen LogP contribution in [0.25, 0.3) is 11.1 Å². The highest BCUT2D eigenvalue weighted by Crippen LogP contribution is 2.41. The van der Waals surface area contributed by atoms with Crippen molar-refractivity contribution in [2.45, 2.75) is 24.4 Å². The van der Waals surface area contributed by atoms with Gasteiger partial charge in [0.1, 0.15) is 11.6 Å². The molecule has 2 heterocycles. The largest absolute Gasteiger partial charge is 0.494 e. The lowest BCUT2D eigenvalue weighted by Crippen LogP contribution is -2.31. The summed E-state index contributed by atoms with van der Waals surface area (Å²) in [7, 11) is 1.34. The molecule has 1 unspecified atom stereocenters. The van der Waals surface area contributed by atoms with Crippen molar-refractivity contribution in [2.24, 2.45) is 0 Å². The van der Waals surface area contributed by atoms with Crippen LogP contribution in [0.5, 0.6) is 5.75 Å². The maximum atomic E-state index is 15.4. The molecule has 1 aromatic heterocycles. The van der Waals surface area contributed by atoms with Crippen LogP contribution in [0, 0.1) is 29.8 Å². The number of thioether (sulfide) groups is 1. The van der Waals surface area contributed by atoms with Gasteiger partial charge in [-0.1, -0.05) is 48.5 Å². The predicted molar refractivity (Wildman–Crippen MR) is 140 cm³/mol. The van der Waals surface area contributed by atoms with Gasteiger partial charge in [0, 0.05) is 23.3 Å². The number of nitrogens with zero attached hydrogens (tertiary/aromatic N) is 1. The average molecular weight is 521 g/mol. The summed E-state index contributed by atoms with van der Waals surface area (Å²) < 4.78 is 51.4. The van der Waals surface area contributed by atoms with Gasteiger partial charge in [-0.05, 0) is 41.8 Å². The fourth-order valence-corrected chi connectivity index (χ4v) is 6.17. The van der Waals surface area contributed by atoms with Crippen molar-refractivity contribution in [1.29, 1.82) is 5.41 Å². The second kappa shape index (κ2) is 9.94. The fourth-order valence-electron chi connectivity index (χ4n) is 4.79. The Hall–Kier alpha value is -3.78. The number of methoxy groups -OCH3 is 1. The zero-order chi connectivity index (χ0) is 26.3. The summed E-state index contributed by atoms with van der Waals surface area (Å²) in [5.41, 5.74) is 1.37. The molecule has 0 fully saturated rings. The molecule has 1 atom stereocenters. The number of hydrogen-bond acceptors (Lipinski definition) is 4. The van der Waals surface area contributed by atoms with Gasteiger partial charge in [-0.15, -0.1) is 11.8 Å². The molecule has 1 aliphatic heterocycles. The van der Waals surface area contributed by atoms with Crippen molar-refractivity contribution >= 4 is 17.5 Å². The molecule has 5 rings (SSSR count). The maximum Gasteiger partial charge on any atom is 0.260 e. The Morgan fingerprint density at radius 1 is 1.00 bits per heavy atom. The van der Waals surface area contributed by atoms with Crippen LogP contribution in [0.2, 0.25) is 0 Å². The van der Waals surface area contributed by atoms with E-state index in [0.29, 0.717) is 27.5 Å². The lowest BCUT2D eigenvalue weighted by molar-refractivity contribution is 0.387. The van der Waals surface area contributed by atoms with E-state index < -0.39 is 29.1 Å². The Bertz CT molecular complexity index is 1560. The van der Waals surface area contributed by atoms with E-state index in [2.05, 4.69) is 0 Å². The number of hydrogen-bond donors (Lipinski definition) is 1. The molecule has 188 valence electrons. The molecular weight excluding hydrogens is 497 g/mol. The summed E-state index contributed by atoms with van der Waals surface area (Å²) in [6.07, 6.45) is -0.128. The van der Waals surface area contributed by atoms with Gasteiger partial charge in [0.25, 0.3) is 5.56 Å². The molecule has 4 aromatic rings. The SMILES string of the molecule is COc1cccc(-c2c(C)c(Cc3c(F)cccc3F)c3n(c2=O)C(C(=N)c2ccccc2)CS3)c1F. The molecule has 0 aliphatic carbocycles. The average Bonchev–Trinajstić information content (AvgIpc) is 3.34. The van der Waals surface area contributed by atoms with Gasteiger partial charge in [0.05, 0.1) is 29.5 Å². The topological polar surface area (TPSA) is 55.1 Å². The first-order valence-electron chi connectivity index (χ1n) is 11.6. The van der Waals surface area contributed by atoms with Gasteiger partial charge in [-0.25, -0.2) is 13.2 Å². The lowest BCUT2D eigenvalue weighted by atomic mass is 9.93. The van der Waals surface area contributed by atoms with Crippen LogP contribution in [-0.2, 0) is 6.42 Å². The number of fused-ring (bicyclic) bond motifs is 1. The maximum absolute atomic E-state index is 15.4. The molecule has 1 aliphatic rings. The molecule has 0 saturated carbocycles. The molecule has 0 radical (unpaired) electrons. The molecule has 0 spiro atoms. The van der Waals surface area contributed by atoms with E-state index in [4.69, 9.17) is 10.1 Å². The molecule has 3 aromatic carbocycles. The van der Waals surface area contributed by atoms with E-state index in [0.717, 1.165) is 0 Å². The Morgan fingerprint density at radius 2 is 1.68 bits per heavy atom. The summed E-state index contributed by atoms with van der Waals surface area (Å²) in [4.78, 5) is 14.0. The van der Waals surface area contributed by atoms with Crippen molar-refractivity contribution in [1.82, 2.24) is 4.57 Å². The number of nitrogens with one attached hydrogen (secondary N) is 1. The number of ether oxygens (including phenoxy) is 1. The van der Waals surface area contributed by atoms with Gasteiger partial charge >= 0.3 is 0 Å². The highest BCUT2D eigenvalue weighted by atomic mass is 32.2. The Morgan fingerprint density at radius 3 is 2.35 bits per heavy atom. The number of benzene rings is 3.